The van der Waals surface area contributed by atoms with Crippen LogP contribution in [0.5, 0.6) is 0 Å². The van der Waals surface area contributed by atoms with Crippen LogP contribution in [0.15, 0.2) is 24.5 Å². The number of rotatable bonds is 5. The number of carboxylic acids is 1. The number of halogens is 1. The van der Waals surface area contributed by atoms with Gasteiger partial charge in [0.05, 0.1) is 38.8 Å². The summed E-state index contributed by atoms with van der Waals surface area (Å²) in [6.45, 7) is 0. The van der Waals surface area contributed by atoms with E-state index in [1.165, 1.54) is 23.1 Å². The van der Waals surface area contributed by atoms with Crippen molar-refractivity contribution in [2.75, 3.05) is 4.72 Å². The SMILES string of the molecule is O=C(O)c1cnn(-c2nc3cc(NS(=O)(=O)C4CC4)c(Cl)cc3[nH]2)c1. The van der Waals surface area contributed by atoms with Gasteiger partial charge in [-0.3, -0.25) is 4.72 Å². The fourth-order valence-electron chi connectivity index (χ4n) is 2.37. The second kappa shape index (κ2) is 5.46. The topological polar surface area (TPSA) is 130 Å². The highest BCUT2D eigenvalue weighted by molar-refractivity contribution is 7.93. The summed E-state index contributed by atoms with van der Waals surface area (Å²) in [5.41, 5.74) is 1.32. The summed E-state index contributed by atoms with van der Waals surface area (Å²) in [5, 5.41) is 12.8. The third-order valence-corrected chi connectivity index (χ3v) is 5.99. The van der Waals surface area contributed by atoms with E-state index in [0.29, 0.717) is 29.8 Å². The molecule has 2 aromatic heterocycles. The van der Waals surface area contributed by atoms with Gasteiger partial charge in [-0.15, -0.1) is 0 Å². The summed E-state index contributed by atoms with van der Waals surface area (Å²) >= 11 is 6.16. The van der Waals surface area contributed by atoms with Crippen molar-refractivity contribution in [3.8, 4) is 5.95 Å². The van der Waals surface area contributed by atoms with Gasteiger partial charge >= 0.3 is 5.97 Å². The first-order valence-electron chi connectivity index (χ1n) is 7.33. The van der Waals surface area contributed by atoms with Crippen LogP contribution in [0.2, 0.25) is 5.02 Å². The molecule has 0 spiro atoms. The molecule has 25 heavy (non-hydrogen) atoms. The highest BCUT2D eigenvalue weighted by Crippen LogP contribution is 2.33. The summed E-state index contributed by atoms with van der Waals surface area (Å²) in [6.07, 6.45) is 3.82. The first kappa shape index (κ1) is 15.9. The van der Waals surface area contributed by atoms with E-state index < -0.39 is 16.0 Å². The molecule has 1 fully saturated rings. The van der Waals surface area contributed by atoms with Gasteiger partial charge in [0.15, 0.2) is 0 Å². The molecule has 0 amide bonds. The van der Waals surface area contributed by atoms with E-state index in [4.69, 9.17) is 16.7 Å². The Balaban J connectivity index is 1.71. The number of fused-ring (bicyclic) bond motifs is 1. The fraction of sp³-hybridized carbons (Fsp3) is 0.214. The van der Waals surface area contributed by atoms with Crippen molar-refractivity contribution >= 4 is 44.3 Å². The molecule has 0 radical (unpaired) electrons. The van der Waals surface area contributed by atoms with Crippen LogP contribution >= 0.6 is 11.6 Å². The average molecular weight is 382 g/mol. The molecule has 3 aromatic rings. The first-order chi connectivity index (χ1) is 11.8. The van der Waals surface area contributed by atoms with Crippen LogP contribution in [-0.4, -0.2) is 44.5 Å². The molecular weight excluding hydrogens is 370 g/mol. The Hall–Kier alpha value is -2.59. The van der Waals surface area contributed by atoms with E-state index in [1.807, 2.05) is 0 Å². The number of anilines is 1. The number of imidazole rings is 1. The van der Waals surface area contributed by atoms with Crippen LogP contribution < -0.4 is 4.72 Å². The maximum absolute atomic E-state index is 12.1. The number of H-pyrrole nitrogens is 1. The Morgan fingerprint density at radius 1 is 1.40 bits per heavy atom. The maximum atomic E-state index is 12.1. The van der Waals surface area contributed by atoms with Gasteiger partial charge in [-0.1, -0.05) is 11.6 Å². The predicted octanol–water partition coefficient (Wildman–Crippen LogP) is 2.00. The molecule has 0 aliphatic heterocycles. The third-order valence-electron chi connectivity index (χ3n) is 3.82. The van der Waals surface area contributed by atoms with Crippen LogP contribution in [0.4, 0.5) is 5.69 Å². The number of nitrogens with one attached hydrogen (secondary N) is 2. The zero-order chi connectivity index (χ0) is 17.8. The lowest BCUT2D eigenvalue weighted by atomic mass is 10.3. The average Bonchev–Trinajstić information content (AvgIpc) is 3.15. The standard InChI is InChI=1S/C14H12ClN5O4S/c15-9-3-11-12(4-10(9)19-25(23,24)8-1-2-8)18-14(17-11)20-6-7(5-16-20)13(21)22/h3-6,8,19H,1-2H2,(H,17,18)(H,21,22). The lowest BCUT2D eigenvalue weighted by Gasteiger charge is -2.08. The minimum atomic E-state index is -3.44. The van der Waals surface area contributed by atoms with Crippen LogP contribution in [0.3, 0.4) is 0 Å². The van der Waals surface area contributed by atoms with Crippen molar-refractivity contribution in [2.24, 2.45) is 0 Å². The van der Waals surface area contributed by atoms with Gasteiger partial charge in [-0.2, -0.15) is 5.10 Å². The lowest BCUT2D eigenvalue weighted by Crippen LogP contribution is -2.17. The molecule has 2 heterocycles. The number of aromatic amines is 1. The second-order valence-electron chi connectivity index (χ2n) is 5.73. The van der Waals surface area contributed by atoms with Gasteiger partial charge in [0.1, 0.15) is 0 Å². The summed E-state index contributed by atoms with van der Waals surface area (Å²) in [6, 6.07) is 3.08. The number of aromatic carboxylic acids is 1. The molecule has 130 valence electrons. The largest absolute Gasteiger partial charge is 0.478 e. The molecule has 1 aliphatic rings. The van der Waals surface area contributed by atoms with Crippen molar-refractivity contribution in [3.05, 3.63) is 35.1 Å². The van der Waals surface area contributed by atoms with Crippen molar-refractivity contribution in [1.29, 1.82) is 0 Å². The number of benzene rings is 1. The third kappa shape index (κ3) is 2.94. The van der Waals surface area contributed by atoms with Gasteiger partial charge in [0, 0.05) is 6.20 Å². The lowest BCUT2D eigenvalue weighted by molar-refractivity contribution is 0.0697. The van der Waals surface area contributed by atoms with Crippen molar-refractivity contribution in [3.63, 3.8) is 0 Å². The van der Waals surface area contributed by atoms with Crippen molar-refractivity contribution in [1.82, 2.24) is 19.7 Å². The molecule has 1 saturated carbocycles. The highest BCUT2D eigenvalue weighted by atomic mass is 35.5. The zero-order valence-corrected chi connectivity index (χ0v) is 14.2. The molecule has 9 nitrogen and oxygen atoms in total. The van der Waals surface area contributed by atoms with Crippen LogP contribution in [0, 0.1) is 0 Å². The predicted molar refractivity (Wildman–Crippen MR) is 90.7 cm³/mol. The molecule has 1 aliphatic carbocycles. The molecule has 4 rings (SSSR count). The van der Waals surface area contributed by atoms with Gasteiger partial charge in [-0.25, -0.2) is 22.9 Å². The van der Waals surface area contributed by atoms with E-state index in [1.54, 1.807) is 6.07 Å². The van der Waals surface area contributed by atoms with E-state index >= 15 is 0 Å². The zero-order valence-electron chi connectivity index (χ0n) is 12.6. The number of aromatic nitrogens is 4. The molecule has 11 heteroatoms. The normalized spacial score (nSPS) is 14.8. The summed E-state index contributed by atoms with van der Waals surface area (Å²) in [5.74, 6) is -0.803. The maximum Gasteiger partial charge on any atom is 0.338 e. The van der Waals surface area contributed by atoms with Gasteiger partial charge in [-0.05, 0) is 25.0 Å². The quantitative estimate of drug-likeness (QED) is 0.619. The first-order valence-corrected chi connectivity index (χ1v) is 9.25. The Bertz CT molecular complexity index is 1100. The monoisotopic (exact) mass is 381 g/mol. The number of hydrogen-bond acceptors (Lipinski definition) is 5. The Labute approximate surface area is 146 Å². The number of carboxylic acid groups (broad SMARTS) is 1. The smallest absolute Gasteiger partial charge is 0.338 e. The van der Waals surface area contributed by atoms with E-state index in [2.05, 4.69) is 19.8 Å². The number of carbonyl (C=O) groups is 1. The fourth-order valence-corrected chi connectivity index (χ4v) is 4.03. The summed E-state index contributed by atoms with van der Waals surface area (Å²) in [7, 11) is -3.44. The Morgan fingerprint density at radius 3 is 2.80 bits per heavy atom. The Kier molecular flexibility index (Phi) is 3.48. The summed E-state index contributed by atoms with van der Waals surface area (Å²) < 4.78 is 27.9. The van der Waals surface area contributed by atoms with Crippen LogP contribution in [0.25, 0.3) is 17.0 Å². The summed E-state index contributed by atoms with van der Waals surface area (Å²) in [4.78, 5) is 18.2. The molecule has 1 aromatic carbocycles. The van der Waals surface area contributed by atoms with Gasteiger partial charge < -0.3 is 10.1 Å². The van der Waals surface area contributed by atoms with Crippen molar-refractivity contribution in [2.45, 2.75) is 18.1 Å². The molecule has 0 saturated heterocycles. The van der Waals surface area contributed by atoms with Crippen molar-refractivity contribution < 1.29 is 18.3 Å². The molecule has 3 N–H and O–H groups in total. The van der Waals surface area contributed by atoms with Gasteiger partial charge in [0.2, 0.25) is 16.0 Å². The minimum absolute atomic E-state index is 0.0244. The number of sulfonamides is 1. The van der Waals surface area contributed by atoms with Crippen LogP contribution in [-0.2, 0) is 10.0 Å². The van der Waals surface area contributed by atoms with Gasteiger partial charge in [0.25, 0.3) is 0 Å². The number of hydrogen-bond donors (Lipinski definition) is 3. The highest BCUT2D eigenvalue weighted by Gasteiger charge is 2.36. The second-order valence-corrected chi connectivity index (χ2v) is 8.10. The number of nitrogens with zero attached hydrogens (tertiary/aromatic N) is 3. The Morgan fingerprint density at radius 2 is 2.16 bits per heavy atom. The van der Waals surface area contributed by atoms with E-state index in [-0.39, 0.29) is 21.5 Å². The molecule has 0 unspecified atom stereocenters. The van der Waals surface area contributed by atoms with Crippen LogP contribution in [0.1, 0.15) is 23.2 Å². The molecule has 0 atom stereocenters. The minimum Gasteiger partial charge on any atom is -0.478 e. The molecular formula is C14H12ClN5O4S. The van der Waals surface area contributed by atoms with E-state index in [0.717, 1.165) is 0 Å². The van der Waals surface area contributed by atoms with E-state index in [9.17, 15) is 13.2 Å². The molecule has 0 bridgehead atoms.